The van der Waals surface area contributed by atoms with Crippen molar-refractivity contribution in [2.75, 3.05) is 7.05 Å². The molecule has 0 spiro atoms. The highest BCUT2D eigenvalue weighted by atomic mass is 15.2. The average molecular weight is 153 g/mol. The second-order valence-corrected chi connectivity index (χ2v) is 4.60. The lowest BCUT2D eigenvalue weighted by atomic mass is 9.98. The zero-order chi connectivity index (χ0) is 8.86. The molecule has 0 aromatic carbocycles. The van der Waals surface area contributed by atoms with Crippen molar-refractivity contribution in [1.29, 1.82) is 0 Å². The second-order valence-electron chi connectivity index (χ2n) is 4.60. The molecule has 0 bridgehead atoms. The van der Waals surface area contributed by atoms with Crippen molar-refractivity contribution in [1.82, 2.24) is 4.90 Å². The minimum atomic E-state index is 0.230. The van der Waals surface area contributed by atoms with Crippen LogP contribution in [0.1, 0.15) is 34.6 Å². The summed E-state index contributed by atoms with van der Waals surface area (Å²) in [5, 5.41) is 0. The molecule has 0 aromatic heterocycles. The zero-order valence-corrected chi connectivity index (χ0v) is 8.52. The van der Waals surface area contributed by atoms with Crippen molar-refractivity contribution < 1.29 is 0 Å². The molecule has 0 aromatic rings. The van der Waals surface area contributed by atoms with Gasteiger partial charge in [0, 0.05) is 11.1 Å². The zero-order valence-electron chi connectivity index (χ0n) is 8.52. The van der Waals surface area contributed by atoms with Gasteiger partial charge in [-0.3, -0.25) is 4.90 Å². The molecule has 11 heavy (non-hydrogen) atoms. The van der Waals surface area contributed by atoms with Crippen molar-refractivity contribution in [3.05, 3.63) is 11.6 Å². The minimum absolute atomic E-state index is 0.230. The highest BCUT2D eigenvalue weighted by Gasteiger charge is 2.40. The minimum Gasteiger partial charge on any atom is -0.289 e. The maximum atomic E-state index is 2.41. The summed E-state index contributed by atoms with van der Waals surface area (Å²) >= 11 is 0. The van der Waals surface area contributed by atoms with E-state index >= 15 is 0 Å². The van der Waals surface area contributed by atoms with Gasteiger partial charge in [0.05, 0.1) is 0 Å². The fraction of sp³-hybridized carbons (Fsp3) is 0.800. The monoisotopic (exact) mass is 153 g/mol. The molecule has 0 saturated heterocycles. The first-order valence-corrected chi connectivity index (χ1v) is 4.22. The third kappa shape index (κ3) is 1.12. The summed E-state index contributed by atoms with van der Waals surface area (Å²) < 4.78 is 0. The summed E-state index contributed by atoms with van der Waals surface area (Å²) in [4.78, 5) is 2.41. The molecule has 1 aliphatic heterocycles. The van der Waals surface area contributed by atoms with Crippen LogP contribution in [0.5, 0.6) is 0 Å². The second kappa shape index (κ2) is 2.10. The van der Waals surface area contributed by atoms with Gasteiger partial charge in [0.15, 0.2) is 0 Å². The maximum Gasteiger partial charge on any atom is 0.0367 e. The van der Waals surface area contributed by atoms with Crippen LogP contribution in [-0.2, 0) is 0 Å². The number of rotatable bonds is 0. The molecule has 1 heteroatoms. The van der Waals surface area contributed by atoms with Gasteiger partial charge in [-0.1, -0.05) is 11.6 Å². The van der Waals surface area contributed by atoms with Gasteiger partial charge < -0.3 is 0 Å². The van der Waals surface area contributed by atoms with Gasteiger partial charge in [-0.15, -0.1) is 0 Å². The molecule has 0 radical (unpaired) electrons. The van der Waals surface area contributed by atoms with Crippen molar-refractivity contribution in [3.63, 3.8) is 0 Å². The van der Waals surface area contributed by atoms with Gasteiger partial charge in [0.25, 0.3) is 0 Å². The Labute approximate surface area is 70.1 Å². The molecule has 64 valence electrons. The van der Waals surface area contributed by atoms with E-state index < -0.39 is 0 Å². The Morgan fingerprint density at radius 1 is 1.18 bits per heavy atom. The Hall–Kier alpha value is -0.300. The quantitative estimate of drug-likeness (QED) is 0.483. The van der Waals surface area contributed by atoms with Gasteiger partial charge in [-0.05, 0) is 41.7 Å². The molecule has 0 amide bonds. The lowest BCUT2D eigenvalue weighted by molar-refractivity contribution is 0.129. The number of nitrogens with zero attached hydrogens (tertiary/aromatic N) is 1. The highest BCUT2D eigenvalue weighted by molar-refractivity contribution is 5.28. The summed E-state index contributed by atoms with van der Waals surface area (Å²) in [6.45, 7) is 11.3. The standard InChI is InChI=1S/C10H19N/c1-8-7-9(2,3)11(6)10(8,4)5/h7H,1-6H3. The summed E-state index contributed by atoms with van der Waals surface area (Å²) in [6.07, 6.45) is 2.35. The normalized spacial score (nSPS) is 28.7. The molecule has 0 atom stereocenters. The van der Waals surface area contributed by atoms with Crippen LogP contribution in [0.4, 0.5) is 0 Å². The van der Waals surface area contributed by atoms with Crippen LogP contribution in [0.2, 0.25) is 0 Å². The number of likely N-dealkylation sites (N-methyl/N-ethyl adjacent to an activating group) is 1. The molecule has 1 aliphatic rings. The van der Waals surface area contributed by atoms with Crippen LogP contribution in [-0.4, -0.2) is 23.0 Å². The lowest BCUT2D eigenvalue weighted by Gasteiger charge is -2.38. The molecule has 0 fully saturated rings. The topological polar surface area (TPSA) is 3.24 Å². The molecular formula is C10H19N. The molecule has 0 aliphatic carbocycles. The van der Waals surface area contributed by atoms with Crippen molar-refractivity contribution in [2.45, 2.75) is 45.7 Å². The SMILES string of the molecule is CC1=CC(C)(C)N(C)C1(C)C. The largest absolute Gasteiger partial charge is 0.289 e. The van der Waals surface area contributed by atoms with Crippen LogP contribution in [0.25, 0.3) is 0 Å². The van der Waals surface area contributed by atoms with E-state index in [-0.39, 0.29) is 11.1 Å². The van der Waals surface area contributed by atoms with Crippen molar-refractivity contribution in [2.24, 2.45) is 0 Å². The van der Waals surface area contributed by atoms with Crippen LogP contribution < -0.4 is 0 Å². The van der Waals surface area contributed by atoms with E-state index in [0.29, 0.717) is 0 Å². The van der Waals surface area contributed by atoms with Gasteiger partial charge in [-0.2, -0.15) is 0 Å². The van der Waals surface area contributed by atoms with E-state index in [1.54, 1.807) is 0 Å². The van der Waals surface area contributed by atoms with Gasteiger partial charge in [0.2, 0.25) is 0 Å². The smallest absolute Gasteiger partial charge is 0.0367 e. The first-order chi connectivity index (χ1) is 4.78. The fourth-order valence-corrected chi connectivity index (χ4v) is 1.79. The Morgan fingerprint density at radius 2 is 1.64 bits per heavy atom. The number of hydrogen-bond donors (Lipinski definition) is 0. The highest BCUT2D eigenvalue weighted by Crippen LogP contribution is 2.37. The molecule has 1 rings (SSSR count). The van der Waals surface area contributed by atoms with Gasteiger partial charge >= 0.3 is 0 Å². The van der Waals surface area contributed by atoms with Crippen LogP contribution in [0.15, 0.2) is 11.6 Å². The third-order valence-electron chi connectivity index (χ3n) is 3.24. The molecule has 0 saturated carbocycles. The Morgan fingerprint density at radius 3 is 1.73 bits per heavy atom. The van der Waals surface area contributed by atoms with Gasteiger partial charge in [-0.25, -0.2) is 0 Å². The maximum absolute atomic E-state index is 2.41. The van der Waals surface area contributed by atoms with Crippen molar-refractivity contribution >= 4 is 0 Å². The van der Waals surface area contributed by atoms with Gasteiger partial charge in [0.1, 0.15) is 0 Å². The molecule has 0 unspecified atom stereocenters. The average Bonchev–Trinajstić information content (AvgIpc) is 1.94. The Balaban J connectivity index is 3.04. The van der Waals surface area contributed by atoms with Crippen LogP contribution in [0.3, 0.4) is 0 Å². The third-order valence-corrected chi connectivity index (χ3v) is 3.24. The van der Waals surface area contributed by atoms with E-state index in [4.69, 9.17) is 0 Å². The first-order valence-electron chi connectivity index (χ1n) is 4.22. The molecule has 1 heterocycles. The molecule has 0 N–H and O–H groups in total. The predicted molar refractivity (Wildman–Crippen MR) is 49.7 cm³/mol. The van der Waals surface area contributed by atoms with E-state index in [1.165, 1.54) is 5.57 Å². The van der Waals surface area contributed by atoms with Crippen molar-refractivity contribution in [3.8, 4) is 0 Å². The van der Waals surface area contributed by atoms with E-state index in [9.17, 15) is 0 Å². The first kappa shape index (κ1) is 8.79. The molecule has 1 nitrogen and oxygen atoms in total. The number of hydrogen-bond acceptors (Lipinski definition) is 1. The summed E-state index contributed by atoms with van der Waals surface area (Å²) in [5.74, 6) is 0. The lowest BCUT2D eigenvalue weighted by Crippen LogP contribution is -2.46. The summed E-state index contributed by atoms with van der Waals surface area (Å²) in [7, 11) is 2.19. The van der Waals surface area contributed by atoms with E-state index in [0.717, 1.165) is 0 Å². The Kier molecular flexibility index (Phi) is 1.68. The van der Waals surface area contributed by atoms with Crippen LogP contribution >= 0.6 is 0 Å². The Bertz CT molecular complexity index is 199. The van der Waals surface area contributed by atoms with Crippen LogP contribution in [0, 0.1) is 0 Å². The summed E-state index contributed by atoms with van der Waals surface area (Å²) in [5.41, 5.74) is 1.95. The predicted octanol–water partition coefficient (Wildman–Crippen LogP) is 2.44. The molecular weight excluding hydrogens is 134 g/mol. The van der Waals surface area contributed by atoms with E-state index in [1.807, 2.05) is 0 Å². The fourth-order valence-electron chi connectivity index (χ4n) is 1.79. The van der Waals surface area contributed by atoms with E-state index in [2.05, 4.69) is 52.6 Å². The summed E-state index contributed by atoms with van der Waals surface area (Å²) in [6, 6.07) is 0.